The van der Waals surface area contributed by atoms with Crippen molar-refractivity contribution in [3.05, 3.63) is 12.2 Å². The summed E-state index contributed by atoms with van der Waals surface area (Å²) in [5.74, 6) is -0.484. The fourth-order valence-electron chi connectivity index (χ4n) is 6.21. The highest BCUT2D eigenvalue weighted by atomic mass is 31.1. The first-order valence-corrected chi connectivity index (χ1v) is 21.1. The van der Waals surface area contributed by atoms with Gasteiger partial charge >= 0.3 is 0 Å². The minimum Gasteiger partial charge on any atom is -0.396 e. The van der Waals surface area contributed by atoms with Crippen molar-refractivity contribution in [2.45, 2.75) is 218 Å². The fourth-order valence-corrected chi connectivity index (χ4v) is 7.45. The van der Waals surface area contributed by atoms with Crippen LogP contribution in [-0.2, 0) is 9.59 Å². The number of aliphatic hydroxyl groups excluding tert-OH is 1. The van der Waals surface area contributed by atoms with E-state index < -0.39 is 6.10 Å². The predicted octanol–water partition coefficient (Wildman–Crippen LogP) is 12.7. The molecule has 0 rings (SSSR count). The monoisotopic (exact) mass is 666 g/mol. The number of rotatable bonds is 36. The first kappa shape index (κ1) is 45.4. The first-order chi connectivity index (χ1) is 22.2. The van der Waals surface area contributed by atoms with Crippen LogP contribution < -0.4 is 0 Å². The second kappa shape index (κ2) is 33.0. The van der Waals surface area contributed by atoms with Gasteiger partial charge in [-0.15, -0.1) is 0 Å². The third kappa shape index (κ3) is 29.6. The Balaban J connectivity index is 3.93. The van der Waals surface area contributed by atoms with E-state index in [9.17, 15) is 14.7 Å². The van der Waals surface area contributed by atoms with Gasteiger partial charge in [0.15, 0.2) is 5.78 Å². The first-order valence-electron chi connectivity index (χ1n) is 20.1. The van der Waals surface area contributed by atoms with Gasteiger partial charge in [-0.25, -0.2) is 0 Å². The maximum atomic E-state index is 12.9. The van der Waals surface area contributed by atoms with E-state index in [1.165, 1.54) is 141 Å². The van der Waals surface area contributed by atoms with E-state index in [1.54, 1.807) is 0 Å². The third-order valence-electron chi connectivity index (χ3n) is 9.36. The fraction of sp³-hybridized carbons (Fsp3) is 0.902. The number of quaternary nitrogens is 1. The average molecular weight is 666 g/mol. The third-order valence-corrected chi connectivity index (χ3v) is 11.1. The van der Waals surface area contributed by atoms with Crippen LogP contribution in [0.1, 0.15) is 206 Å². The van der Waals surface area contributed by atoms with Gasteiger partial charge < -0.3 is 23.0 Å². The van der Waals surface area contributed by atoms with Gasteiger partial charge in [0.2, 0.25) is 0 Å². The molecule has 0 aromatic rings. The number of nitrogens with zero attached hydrogens (tertiary/aromatic N) is 1. The van der Waals surface area contributed by atoms with Crippen LogP contribution in [0.2, 0.25) is 0 Å². The Morgan fingerprint density at radius 2 is 0.848 bits per heavy atom. The molecule has 1 N–H and O–H groups in total. The molecule has 0 heterocycles. The topological polar surface area (TPSA) is 54.4 Å². The van der Waals surface area contributed by atoms with Gasteiger partial charge in [0.05, 0.1) is 21.1 Å². The molecule has 0 amide bonds. The summed E-state index contributed by atoms with van der Waals surface area (Å²) in [6.45, 7) is 4.54. The quantitative estimate of drug-likeness (QED) is 0.0314. The van der Waals surface area contributed by atoms with Gasteiger partial charge in [0, 0.05) is 12.2 Å². The van der Waals surface area contributed by atoms with Crippen LogP contribution in [0.3, 0.4) is 0 Å². The number of hydrogen-bond donors (Lipinski definition) is 1. The number of allylic oxidation sites excluding steroid dienone is 2. The molecule has 0 aliphatic rings. The highest BCUT2D eigenvalue weighted by molar-refractivity contribution is 7.58. The Bertz CT molecular complexity index is 717. The lowest BCUT2D eigenvalue weighted by molar-refractivity contribution is -0.883. The van der Waals surface area contributed by atoms with Crippen molar-refractivity contribution >= 4 is 19.9 Å². The van der Waals surface area contributed by atoms with Gasteiger partial charge in [0.1, 0.15) is 6.10 Å². The predicted molar refractivity (Wildman–Crippen MR) is 204 cm³/mol. The molecule has 5 heteroatoms. The zero-order chi connectivity index (χ0) is 34.1. The van der Waals surface area contributed by atoms with Crippen LogP contribution >= 0.6 is 8.58 Å². The zero-order valence-corrected chi connectivity index (χ0v) is 32.6. The highest BCUT2D eigenvalue weighted by Gasteiger charge is 2.29. The van der Waals surface area contributed by atoms with Crippen LogP contribution in [0.25, 0.3) is 0 Å². The molecule has 0 aliphatic carbocycles. The second-order valence-electron chi connectivity index (χ2n) is 15.0. The van der Waals surface area contributed by atoms with Gasteiger partial charge in [-0.1, -0.05) is 167 Å². The molecule has 0 spiro atoms. The number of Topliss-reactive ketones (excluding diaryl/α,β-unsaturated/α-hetero) is 1. The Kier molecular flexibility index (Phi) is 32.5. The number of likely N-dealkylation sites (N-methyl/N-ethyl adjacent to an activating group) is 1. The molecule has 0 saturated heterocycles. The van der Waals surface area contributed by atoms with Crippen LogP contribution in [0, 0.1) is 0 Å². The number of unbranched alkanes of at least 4 members (excludes halogenated alkanes) is 25. The smallest absolute Gasteiger partial charge is 0.164 e. The minimum atomic E-state index is -1.07. The van der Waals surface area contributed by atoms with Gasteiger partial charge in [-0.3, -0.25) is 4.79 Å². The van der Waals surface area contributed by atoms with E-state index in [0.29, 0.717) is 25.9 Å². The molecule has 2 unspecified atom stereocenters. The van der Waals surface area contributed by atoms with Crippen molar-refractivity contribution in [1.29, 1.82) is 0 Å². The molecule has 4 nitrogen and oxygen atoms in total. The molecule has 0 aromatic carbocycles. The summed E-state index contributed by atoms with van der Waals surface area (Å²) in [5, 5.41) is 10.9. The Labute approximate surface area is 290 Å². The summed E-state index contributed by atoms with van der Waals surface area (Å²) in [6.07, 6.45) is 40.3. The molecule has 0 bridgehead atoms. The Morgan fingerprint density at radius 1 is 0.522 bits per heavy atom. The molecule has 272 valence electrons. The van der Waals surface area contributed by atoms with Gasteiger partial charge in [-0.05, 0) is 50.5 Å². The molecule has 0 aromatic heterocycles. The molecule has 0 aliphatic heterocycles. The van der Waals surface area contributed by atoms with E-state index in [0.717, 1.165) is 38.5 Å². The lowest BCUT2D eigenvalue weighted by atomic mass is 10.0. The Hall–Kier alpha value is -0.570. The number of ketones is 1. The normalized spacial score (nSPS) is 13.7. The second-order valence-corrected chi connectivity index (χ2v) is 16.3. The van der Waals surface area contributed by atoms with Crippen molar-refractivity contribution in [3.8, 4) is 0 Å². The minimum absolute atomic E-state index is 0.0945. The summed E-state index contributed by atoms with van der Waals surface area (Å²) in [5.41, 5.74) is 0.167. The van der Waals surface area contributed by atoms with Crippen LogP contribution in [0.15, 0.2) is 12.2 Å². The number of hydrogen-bond acceptors (Lipinski definition) is 3. The highest BCUT2D eigenvalue weighted by Crippen LogP contribution is 2.32. The molecular weight excluding hydrogens is 585 g/mol. The van der Waals surface area contributed by atoms with Crippen molar-refractivity contribution in [2.24, 2.45) is 0 Å². The Morgan fingerprint density at radius 3 is 1.22 bits per heavy atom. The number of carbonyl (C=O) groups is 2. The SMILES string of the molecule is CCCCCCCC/C=C\CCCCCCCC(=O)C(O)C([P-]C(=O)CCCCCCCCCCCCCCCCC)[N+](C)(C)C. The van der Waals surface area contributed by atoms with Crippen molar-refractivity contribution in [2.75, 3.05) is 21.1 Å². The summed E-state index contributed by atoms with van der Waals surface area (Å²) in [7, 11) is 6.54. The van der Waals surface area contributed by atoms with Gasteiger partial charge in [0.25, 0.3) is 0 Å². The van der Waals surface area contributed by atoms with Crippen molar-refractivity contribution in [1.82, 2.24) is 0 Å². The van der Waals surface area contributed by atoms with E-state index >= 15 is 0 Å². The largest absolute Gasteiger partial charge is 0.396 e. The van der Waals surface area contributed by atoms with E-state index in [2.05, 4.69) is 26.0 Å². The lowest BCUT2D eigenvalue weighted by Gasteiger charge is -2.44. The molecule has 0 saturated carbocycles. The average Bonchev–Trinajstić information content (AvgIpc) is 3.02. The van der Waals surface area contributed by atoms with E-state index in [1.807, 2.05) is 21.1 Å². The maximum absolute atomic E-state index is 12.9. The summed E-state index contributed by atoms with van der Waals surface area (Å²) in [4.78, 5) is 25.7. The summed E-state index contributed by atoms with van der Waals surface area (Å²) in [6, 6.07) is 0. The number of aliphatic hydroxyl groups is 1. The molecule has 0 radical (unpaired) electrons. The summed E-state index contributed by atoms with van der Waals surface area (Å²) < 4.78 is 0.422. The number of carbonyl (C=O) groups excluding carboxylic acids is 2. The van der Waals surface area contributed by atoms with Crippen LogP contribution in [0.4, 0.5) is 0 Å². The van der Waals surface area contributed by atoms with E-state index in [-0.39, 0.29) is 17.1 Å². The molecule has 46 heavy (non-hydrogen) atoms. The molecule has 2 atom stereocenters. The van der Waals surface area contributed by atoms with Crippen LogP contribution in [-0.4, -0.2) is 53.9 Å². The van der Waals surface area contributed by atoms with Crippen LogP contribution in [0.5, 0.6) is 0 Å². The summed E-state index contributed by atoms with van der Waals surface area (Å²) >= 11 is 0. The van der Waals surface area contributed by atoms with E-state index in [4.69, 9.17) is 0 Å². The zero-order valence-electron chi connectivity index (χ0n) is 31.7. The van der Waals surface area contributed by atoms with Crippen molar-refractivity contribution in [3.63, 3.8) is 0 Å². The van der Waals surface area contributed by atoms with Gasteiger partial charge in [-0.2, -0.15) is 0 Å². The molecule has 0 fully saturated rings. The lowest BCUT2D eigenvalue weighted by Crippen LogP contribution is -2.52. The maximum Gasteiger partial charge on any atom is 0.164 e. The standard InChI is InChI=1S/C41H80NO3P/c1-6-8-10-12-14-16-18-20-22-24-26-28-30-32-34-36-38(43)40(45)41(42(3,4)5)46-39(44)37-35-33-31-29-27-25-23-21-19-17-15-13-11-9-7-2/h20,22,40-41,45H,6-19,21,23-37H2,1-5H3/b22-20-. The molecular formula is C41H80NO3P. The van der Waals surface area contributed by atoms with Crippen molar-refractivity contribution < 1.29 is 19.2 Å².